The molecule has 3 heteroatoms. The Kier molecular flexibility index (Phi) is 6.41. The van der Waals surface area contributed by atoms with Gasteiger partial charge in [-0.05, 0) is 29.4 Å². The Hall–Kier alpha value is -1.35. The van der Waals surface area contributed by atoms with E-state index in [2.05, 4.69) is 39.8 Å². The van der Waals surface area contributed by atoms with Crippen molar-refractivity contribution in [2.24, 2.45) is 17.1 Å². The molecule has 21 heavy (non-hydrogen) atoms. The Labute approximate surface area is 129 Å². The number of hydrogen-bond donors (Lipinski definition) is 1. The molecule has 0 aliphatic rings. The fraction of sp³-hybridized carbons (Fsp3) is 0.611. The van der Waals surface area contributed by atoms with Crippen LogP contribution >= 0.6 is 0 Å². The topological polar surface area (TPSA) is 46.3 Å². The first kappa shape index (κ1) is 17.7. The molecule has 1 aromatic rings. The quantitative estimate of drug-likeness (QED) is 0.838. The highest BCUT2D eigenvalue weighted by atomic mass is 16.2. The Bertz CT molecular complexity index is 440. The van der Waals surface area contributed by atoms with E-state index >= 15 is 0 Å². The van der Waals surface area contributed by atoms with Gasteiger partial charge in [0.05, 0.1) is 0 Å². The largest absolute Gasteiger partial charge is 0.345 e. The van der Waals surface area contributed by atoms with E-state index in [1.54, 1.807) is 0 Å². The lowest BCUT2D eigenvalue weighted by atomic mass is 9.85. The van der Waals surface area contributed by atoms with Crippen molar-refractivity contribution in [3.05, 3.63) is 35.9 Å². The van der Waals surface area contributed by atoms with Crippen LogP contribution in [-0.4, -0.2) is 30.9 Å². The summed E-state index contributed by atoms with van der Waals surface area (Å²) >= 11 is 0. The lowest BCUT2D eigenvalue weighted by Gasteiger charge is -2.31. The fourth-order valence-corrected chi connectivity index (χ4v) is 2.58. The number of amides is 1. The molecule has 0 aromatic heterocycles. The van der Waals surface area contributed by atoms with Crippen molar-refractivity contribution in [3.8, 4) is 0 Å². The average molecular weight is 290 g/mol. The summed E-state index contributed by atoms with van der Waals surface area (Å²) < 4.78 is 0. The Morgan fingerprint density at radius 2 is 1.81 bits per heavy atom. The number of rotatable bonds is 7. The summed E-state index contributed by atoms with van der Waals surface area (Å²) in [6.45, 7) is 9.81. The van der Waals surface area contributed by atoms with Gasteiger partial charge in [0.2, 0.25) is 5.91 Å². The van der Waals surface area contributed by atoms with Gasteiger partial charge in [-0.2, -0.15) is 0 Å². The molecule has 0 saturated carbocycles. The van der Waals surface area contributed by atoms with Crippen LogP contribution in [0.5, 0.6) is 0 Å². The lowest BCUT2D eigenvalue weighted by molar-refractivity contribution is -0.131. The third-order valence-corrected chi connectivity index (χ3v) is 4.07. The van der Waals surface area contributed by atoms with Crippen LogP contribution in [0.1, 0.15) is 45.6 Å². The lowest BCUT2D eigenvalue weighted by Crippen LogP contribution is -2.40. The van der Waals surface area contributed by atoms with Crippen LogP contribution < -0.4 is 5.73 Å². The standard InChI is InChI=1S/C18H30N2O/c1-14(2)16(15-9-7-6-8-10-15)11-17(21)20(5)13-18(3,4)12-19/h6-10,14,16H,11-13,19H2,1-5H3. The number of benzene rings is 1. The molecule has 118 valence electrons. The maximum atomic E-state index is 12.5. The first-order valence-corrected chi connectivity index (χ1v) is 7.76. The van der Waals surface area contributed by atoms with Crippen molar-refractivity contribution in [1.29, 1.82) is 0 Å². The summed E-state index contributed by atoms with van der Waals surface area (Å²) in [5, 5.41) is 0. The summed E-state index contributed by atoms with van der Waals surface area (Å²) in [6, 6.07) is 10.3. The zero-order valence-corrected chi connectivity index (χ0v) is 14.1. The number of nitrogens with zero attached hydrogens (tertiary/aromatic N) is 1. The summed E-state index contributed by atoms with van der Waals surface area (Å²) in [5.41, 5.74) is 6.96. The molecule has 1 aromatic carbocycles. The van der Waals surface area contributed by atoms with E-state index in [1.807, 2.05) is 30.1 Å². The fourth-order valence-electron chi connectivity index (χ4n) is 2.58. The highest BCUT2D eigenvalue weighted by molar-refractivity contribution is 5.77. The predicted octanol–water partition coefficient (Wildman–Crippen LogP) is 3.26. The second-order valence-electron chi connectivity index (χ2n) is 7.08. The van der Waals surface area contributed by atoms with Gasteiger partial charge in [-0.1, -0.05) is 58.0 Å². The van der Waals surface area contributed by atoms with E-state index < -0.39 is 0 Å². The van der Waals surface area contributed by atoms with Crippen LogP contribution in [-0.2, 0) is 4.79 Å². The molecule has 0 fully saturated rings. The second-order valence-corrected chi connectivity index (χ2v) is 7.08. The van der Waals surface area contributed by atoms with Crippen molar-refractivity contribution in [2.75, 3.05) is 20.1 Å². The van der Waals surface area contributed by atoms with Crippen LogP contribution in [0.3, 0.4) is 0 Å². The molecule has 2 N–H and O–H groups in total. The zero-order valence-electron chi connectivity index (χ0n) is 14.1. The summed E-state index contributed by atoms with van der Waals surface area (Å²) in [6.07, 6.45) is 0.554. The van der Waals surface area contributed by atoms with Gasteiger partial charge in [0.1, 0.15) is 0 Å². The van der Waals surface area contributed by atoms with Crippen LogP contribution in [0, 0.1) is 11.3 Å². The monoisotopic (exact) mass is 290 g/mol. The third kappa shape index (κ3) is 5.50. The van der Waals surface area contributed by atoms with Gasteiger partial charge in [0.15, 0.2) is 0 Å². The Morgan fingerprint density at radius 3 is 2.29 bits per heavy atom. The summed E-state index contributed by atoms with van der Waals surface area (Å²) in [5.74, 6) is 0.897. The smallest absolute Gasteiger partial charge is 0.222 e. The van der Waals surface area contributed by atoms with Gasteiger partial charge in [-0.15, -0.1) is 0 Å². The molecule has 0 heterocycles. The molecule has 1 atom stereocenters. The van der Waals surface area contributed by atoms with E-state index in [9.17, 15) is 4.79 Å². The molecule has 0 aliphatic heterocycles. The average Bonchev–Trinajstić information content (AvgIpc) is 2.44. The molecule has 0 spiro atoms. The molecule has 1 rings (SSSR count). The van der Waals surface area contributed by atoms with Gasteiger partial charge in [-0.25, -0.2) is 0 Å². The number of nitrogens with two attached hydrogens (primary N) is 1. The van der Waals surface area contributed by atoms with Gasteiger partial charge in [-0.3, -0.25) is 4.79 Å². The molecule has 0 radical (unpaired) electrons. The van der Waals surface area contributed by atoms with E-state index in [1.165, 1.54) is 5.56 Å². The third-order valence-electron chi connectivity index (χ3n) is 4.07. The molecule has 0 aliphatic carbocycles. The molecule has 3 nitrogen and oxygen atoms in total. The van der Waals surface area contributed by atoms with Crippen molar-refractivity contribution in [1.82, 2.24) is 4.90 Å². The minimum absolute atomic E-state index is 0.0372. The summed E-state index contributed by atoms with van der Waals surface area (Å²) in [7, 11) is 1.88. The van der Waals surface area contributed by atoms with Gasteiger partial charge in [0, 0.05) is 20.0 Å². The minimum Gasteiger partial charge on any atom is -0.345 e. The maximum absolute atomic E-state index is 12.5. The number of carbonyl (C=O) groups is 1. The molecule has 0 saturated heterocycles. The number of carbonyl (C=O) groups excluding carboxylic acids is 1. The van der Waals surface area contributed by atoms with Crippen LogP contribution in [0.25, 0.3) is 0 Å². The zero-order chi connectivity index (χ0) is 16.0. The van der Waals surface area contributed by atoms with Gasteiger partial charge in [0.25, 0.3) is 0 Å². The highest BCUT2D eigenvalue weighted by Gasteiger charge is 2.25. The normalized spacial score (nSPS) is 13.3. The highest BCUT2D eigenvalue weighted by Crippen LogP contribution is 2.28. The van der Waals surface area contributed by atoms with E-state index in [4.69, 9.17) is 5.73 Å². The maximum Gasteiger partial charge on any atom is 0.222 e. The van der Waals surface area contributed by atoms with Crippen molar-refractivity contribution in [3.63, 3.8) is 0 Å². The molecule has 0 bridgehead atoms. The summed E-state index contributed by atoms with van der Waals surface area (Å²) in [4.78, 5) is 14.3. The predicted molar refractivity (Wildman–Crippen MR) is 89.1 cm³/mol. The van der Waals surface area contributed by atoms with Gasteiger partial charge < -0.3 is 10.6 Å². The van der Waals surface area contributed by atoms with Crippen LogP contribution in [0.15, 0.2) is 30.3 Å². The first-order chi connectivity index (χ1) is 9.76. The van der Waals surface area contributed by atoms with Gasteiger partial charge >= 0.3 is 0 Å². The van der Waals surface area contributed by atoms with E-state index in [0.29, 0.717) is 25.4 Å². The SMILES string of the molecule is CC(C)C(CC(=O)N(C)CC(C)(C)CN)c1ccccc1. The Balaban J connectivity index is 2.74. The number of hydrogen-bond acceptors (Lipinski definition) is 2. The minimum atomic E-state index is -0.0372. The van der Waals surface area contributed by atoms with Crippen molar-refractivity contribution >= 4 is 5.91 Å². The second kappa shape index (κ2) is 7.60. The molecular weight excluding hydrogens is 260 g/mol. The van der Waals surface area contributed by atoms with Crippen LogP contribution in [0.4, 0.5) is 0 Å². The van der Waals surface area contributed by atoms with Crippen molar-refractivity contribution in [2.45, 2.75) is 40.0 Å². The van der Waals surface area contributed by atoms with E-state index in [0.717, 1.165) is 0 Å². The van der Waals surface area contributed by atoms with E-state index in [-0.39, 0.29) is 17.2 Å². The Morgan fingerprint density at radius 1 is 1.24 bits per heavy atom. The van der Waals surface area contributed by atoms with Crippen molar-refractivity contribution < 1.29 is 4.79 Å². The van der Waals surface area contributed by atoms with Crippen LogP contribution in [0.2, 0.25) is 0 Å². The molecule has 1 amide bonds. The molecule has 1 unspecified atom stereocenters. The molecular formula is C18H30N2O. The first-order valence-electron chi connectivity index (χ1n) is 7.76.